The molecule has 3 aromatic carbocycles. The summed E-state index contributed by atoms with van der Waals surface area (Å²) in [5, 5.41) is 18.2. The van der Waals surface area contributed by atoms with Crippen molar-refractivity contribution in [3.8, 4) is 0 Å². The monoisotopic (exact) mass is 424 g/mol. The molecule has 1 N–H and O–H groups in total. The van der Waals surface area contributed by atoms with Crippen LogP contribution in [-0.2, 0) is 4.79 Å². The molecule has 7 nitrogen and oxygen atoms in total. The number of aromatic amines is 1. The molecule has 4 aromatic rings. The zero-order valence-electron chi connectivity index (χ0n) is 17.3. The first kappa shape index (κ1) is 19.7. The van der Waals surface area contributed by atoms with Crippen molar-refractivity contribution in [2.75, 3.05) is 5.01 Å². The third-order valence-corrected chi connectivity index (χ3v) is 5.94. The number of H-pyrrole nitrogens is 1. The highest BCUT2D eigenvalue weighted by molar-refractivity contribution is 6.16. The van der Waals surface area contributed by atoms with Gasteiger partial charge in [0.15, 0.2) is 0 Å². The summed E-state index contributed by atoms with van der Waals surface area (Å²) >= 11 is 0. The van der Waals surface area contributed by atoms with E-state index in [1.165, 1.54) is 17.1 Å². The number of hydrazone groups is 1. The summed E-state index contributed by atoms with van der Waals surface area (Å²) in [5.41, 5.74) is 4.17. The Morgan fingerprint density at radius 3 is 2.41 bits per heavy atom. The van der Waals surface area contributed by atoms with Gasteiger partial charge in [-0.05, 0) is 36.2 Å². The topological polar surface area (TPSA) is 91.6 Å². The molecule has 2 atom stereocenters. The Morgan fingerprint density at radius 2 is 1.69 bits per heavy atom. The minimum Gasteiger partial charge on any atom is -0.361 e. The fourth-order valence-electron chi connectivity index (χ4n) is 4.42. The lowest BCUT2D eigenvalue weighted by Crippen LogP contribution is -2.32. The summed E-state index contributed by atoms with van der Waals surface area (Å²) in [4.78, 5) is 27.7. The summed E-state index contributed by atoms with van der Waals surface area (Å²) in [6, 6.07) is 23.7. The van der Waals surface area contributed by atoms with Gasteiger partial charge >= 0.3 is 0 Å². The summed E-state index contributed by atoms with van der Waals surface area (Å²) < 4.78 is 0. The van der Waals surface area contributed by atoms with E-state index < -0.39 is 10.8 Å². The first-order valence-electron chi connectivity index (χ1n) is 10.3. The number of benzene rings is 3. The van der Waals surface area contributed by atoms with Gasteiger partial charge in [-0.3, -0.25) is 14.9 Å². The Bertz CT molecular complexity index is 1340. The number of fused-ring (bicyclic) bond motifs is 1. The zero-order valence-corrected chi connectivity index (χ0v) is 17.3. The van der Waals surface area contributed by atoms with E-state index in [1.807, 2.05) is 67.7 Å². The predicted octanol–water partition coefficient (Wildman–Crippen LogP) is 5.25. The molecule has 1 aliphatic rings. The van der Waals surface area contributed by atoms with Crippen molar-refractivity contribution in [3.63, 3.8) is 0 Å². The number of hydrogen-bond acceptors (Lipinski definition) is 4. The van der Waals surface area contributed by atoms with Crippen LogP contribution in [0.5, 0.6) is 0 Å². The molecule has 2 heterocycles. The Balaban J connectivity index is 1.64. The molecule has 0 bridgehead atoms. The molecular formula is C25H20N4O3. The van der Waals surface area contributed by atoms with Crippen molar-refractivity contribution in [1.29, 1.82) is 0 Å². The summed E-state index contributed by atoms with van der Waals surface area (Å²) in [5.74, 6) is -1.00. The number of amides is 1. The fraction of sp³-hybridized carbons (Fsp3) is 0.120. The Morgan fingerprint density at radius 1 is 1.00 bits per heavy atom. The van der Waals surface area contributed by atoms with Gasteiger partial charge in [-0.2, -0.15) is 5.10 Å². The SMILES string of the molecule is CC1=NN(c2ccccc2)C(=O)C1C(c1ccc([N+](=O)[O-])cc1)c1c[nH]c2ccccc12. The standard InChI is InChI=1S/C25H20N4O3/c1-16-23(25(30)28(27-16)18-7-3-2-4-8-18)24(17-11-13-19(14-12-17)29(31)32)21-15-26-22-10-6-5-9-20(21)22/h2-15,23-24,26H,1H3. The van der Waals surface area contributed by atoms with Crippen LogP contribution in [0.25, 0.3) is 10.9 Å². The maximum atomic E-state index is 13.6. The molecule has 158 valence electrons. The number of hydrogen-bond donors (Lipinski definition) is 1. The van der Waals surface area contributed by atoms with Crippen LogP contribution < -0.4 is 5.01 Å². The van der Waals surface area contributed by atoms with Gasteiger partial charge in [-0.25, -0.2) is 5.01 Å². The molecule has 0 saturated heterocycles. The van der Waals surface area contributed by atoms with Gasteiger partial charge in [-0.1, -0.05) is 48.5 Å². The number of carbonyl (C=O) groups excluding carboxylic acids is 1. The number of non-ortho nitro benzene ring substituents is 1. The van der Waals surface area contributed by atoms with Crippen LogP contribution in [0.15, 0.2) is 90.2 Å². The molecule has 1 amide bonds. The first-order valence-corrected chi connectivity index (χ1v) is 10.3. The van der Waals surface area contributed by atoms with Crippen molar-refractivity contribution >= 4 is 33.9 Å². The van der Waals surface area contributed by atoms with Crippen LogP contribution in [0.1, 0.15) is 24.0 Å². The van der Waals surface area contributed by atoms with E-state index in [0.29, 0.717) is 11.4 Å². The molecule has 1 aromatic heterocycles. The summed E-state index contributed by atoms with van der Waals surface area (Å²) in [6.45, 7) is 1.86. The third-order valence-electron chi connectivity index (χ3n) is 5.94. The van der Waals surface area contributed by atoms with E-state index in [2.05, 4.69) is 10.1 Å². The highest BCUT2D eigenvalue weighted by Crippen LogP contribution is 2.41. The van der Waals surface area contributed by atoms with Crippen molar-refractivity contribution < 1.29 is 9.72 Å². The van der Waals surface area contributed by atoms with Crippen LogP contribution in [0, 0.1) is 16.0 Å². The molecule has 0 spiro atoms. The molecule has 0 radical (unpaired) electrons. The third kappa shape index (κ3) is 3.24. The maximum Gasteiger partial charge on any atom is 0.269 e. The van der Waals surface area contributed by atoms with Gasteiger partial charge in [-0.15, -0.1) is 0 Å². The Kier molecular flexibility index (Phi) is 4.78. The van der Waals surface area contributed by atoms with E-state index in [4.69, 9.17) is 0 Å². The highest BCUT2D eigenvalue weighted by Gasteiger charge is 2.42. The molecule has 5 rings (SSSR count). The number of nitro groups is 1. The average molecular weight is 424 g/mol. The summed E-state index contributed by atoms with van der Waals surface area (Å²) in [7, 11) is 0. The molecule has 0 fully saturated rings. The lowest BCUT2D eigenvalue weighted by atomic mass is 9.78. The number of nitrogens with one attached hydrogen (secondary N) is 1. The minimum absolute atomic E-state index is 0.0143. The molecular weight excluding hydrogens is 404 g/mol. The van der Waals surface area contributed by atoms with Crippen LogP contribution in [0.2, 0.25) is 0 Å². The lowest BCUT2D eigenvalue weighted by Gasteiger charge is -2.24. The van der Waals surface area contributed by atoms with Gasteiger partial charge in [0, 0.05) is 40.9 Å². The number of nitro benzene ring substituents is 1. The van der Waals surface area contributed by atoms with E-state index in [-0.39, 0.29) is 17.5 Å². The Hall–Kier alpha value is -4.26. The van der Waals surface area contributed by atoms with Gasteiger partial charge in [0.25, 0.3) is 11.6 Å². The summed E-state index contributed by atoms with van der Waals surface area (Å²) in [6.07, 6.45) is 1.92. The maximum absolute atomic E-state index is 13.6. The molecule has 0 aliphatic carbocycles. The molecule has 0 saturated carbocycles. The lowest BCUT2D eigenvalue weighted by molar-refractivity contribution is -0.384. The second-order valence-corrected chi connectivity index (χ2v) is 7.82. The van der Waals surface area contributed by atoms with Gasteiger partial charge < -0.3 is 4.98 Å². The van der Waals surface area contributed by atoms with Crippen LogP contribution >= 0.6 is 0 Å². The van der Waals surface area contributed by atoms with Crippen LogP contribution in [0.4, 0.5) is 11.4 Å². The number of carbonyl (C=O) groups is 1. The largest absolute Gasteiger partial charge is 0.361 e. The van der Waals surface area contributed by atoms with Gasteiger partial charge in [0.2, 0.25) is 0 Å². The van der Waals surface area contributed by atoms with Crippen molar-refractivity contribution in [1.82, 2.24) is 4.98 Å². The number of nitrogens with zero attached hydrogens (tertiary/aromatic N) is 3. The average Bonchev–Trinajstić information content (AvgIpc) is 3.37. The molecule has 1 aliphatic heterocycles. The predicted molar refractivity (Wildman–Crippen MR) is 124 cm³/mol. The van der Waals surface area contributed by atoms with E-state index >= 15 is 0 Å². The van der Waals surface area contributed by atoms with Crippen molar-refractivity contribution in [2.45, 2.75) is 12.8 Å². The fourth-order valence-corrected chi connectivity index (χ4v) is 4.42. The molecule has 32 heavy (non-hydrogen) atoms. The minimum atomic E-state index is -0.532. The van der Waals surface area contributed by atoms with E-state index in [9.17, 15) is 14.9 Å². The molecule has 2 unspecified atom stereocenters. The zero-order chi connectivity index (χ0) is 22.2. The van der Waals surface area contributed by atoms with Gasteiger partial charge in [0.1, 0.15) is 0 Å². The number of rotatable bonds is 5. The van der Waals surface area contributed by atoms with Crippen molar-refractivity contribution in [2.24, 2.45) is 11.0 Å². The highest BCUT2D eigenvalue weighted by atomic mass is 16.6. The second kappa shape index (κ2) is 7.77. The number of aromatic nitrogens is 1. The first-order chi connectivity index (χ1) is 15.5. The number of para-hydroxylation sites is 2. The smallest absolute Gasteiger partial charge is 0.269 e. The van der Waals surface area contributed by atoms with E-state index in [0.717, 1.165) is 22.0 Å². The van der Waals surface area contributed by atoms with E-state index in [1.54, 1.807) is 12.1 Å². The molecule has 7 heteroatoms. The second-order valence-electron chi connectivity index (χ2n) is 7.82. The normalized spacial score (nSPS) is 16.9. The number of anilines is 1. The van der Waals surface area contributed by atoms with Crippen molar-refractivity contribution in [3.05, 3.63) is 106 Å². The van der Waals surface area contributed by atoms with Gasteiger partial charge in [0.05, 0.1) is 16.5 Å². The Labute approximate surface area is 184 Å². The van der Waals surface area contributed by atoms with Crippen LogP contribution in [0.3, 0.4) is 0 Å². The quantitative estimate of drug-likeness (QED) is 0.350. The van der Waals surface area contributed by atoms with Crippen LogP contribution in [-0.4, -0.2) is 21.5 Å².